The van der Waals surface area contributed by atoms with Crippen LogP contribution in [0.15, 0.2) is 0 Å². The minimum atomic E-state index is -0.719. The summed E-state index contributed by atoms with van der Waals surface area (Å²) in [5.74, 6) is -0.944. The second-order valence-corrected chi connectivity index (χ2v) is 10.3. The molecule has 0 aromatic carbocycles. The van der Waals surface area contributed by atoms with Gasteiger partial charge in [-0.1, -0.05) is 59.1 Å². The fourth-order valence-corrected chi connectivity index (χ4v) is 4.61. The van der Waals surface area contributed by atoms with Gasteiger partial charge in [0.1, 0.15) is 0 Å². The number of alkyl halides is 2. The van der Waals surface area contributed by atoms with E-state index in [4.69, 9.17) is 5.73 Å². The Balaban J connectivity index is 4.27. The molecule has 0 heterocycles. The molecule has 0 aliphatic carbocycles. The predicted molar refractivity (Wildman–Crippen MR) is 139 cm³/mol. The molecule has 0 aliphatic rings. The van der Waals surface area contributed by atoms with Crippen LogP contribution in [0.25, 0.3) is 0 Å². The van der Waals surface area contributed by atoms with E-state index in [9.17, 15) is 24.0 Å². The smallest absolute Gasteiger partial charge is 0.312 e. The zero-order valence-electron chi connectivity index (χ0n) is 20.3. The van der Waals surface area contributed by atoms with Gasteiger partial charge in [0.25, 0.3) is 0 Å². The summed E-state index contributed by atoms with van der Waals surface area (Å²) < 4.78 is 0. The minimum absolute atomic E-state index is 0.00937. The topological polar surface area (TPSA) is 159 Å². The van der Waals surface area contributed by atoms with Crippen LogP contribution < -0.4 is 27.0 Å². The molecule has 6 N–H and O–H groups in total. The van der Waals surface area contributed by atoms with Crippen LogP contribution in [0, 0.1) is 11.3 Å². The second kappa shape index (κ2) is 17.7. The molecule has 10 nitrogen and oxygen atoms in total. The molecule has 0 aromatic rings. The molecule has 0 fully saturated rings. The molecule has 0 unspecified atom stereocenters. The Morgan fingerprint density at radius 2 is 1.44 bits per heavy atom. The summed E-state index contributed by atoms with van der Waals surface area (Å²) in [6.45, 7) is 5.94. The SMILES string of the molecule is CC(C)(C)C(=O)[C@H](CCCNC(N)=O)NC(=O)CNC(=O)CCCCCNC(=O)C(CBr)CBr. The number of carbonyl (C=O) groups is 5. The lowest BCUT2D eigenvalue weighted by atomic mass is 9.85. The molecule has 0 saturated heterocycles. The van der Waals surface area contributed by atoms with E-state index in [1.165, 1.54) is 0 Å². The van der Waals surface area contributed by atoms with E-state index in [1.54, 1.807) is 20.8 Å². The van der Waals surface area contributed by atoms with Crippen LogP contribution in [0.4, 0.5) is 4.79 Å². The molecular formula is C22H39Br2N5O5. The lowest BCUT2D eigenvalue weighted by molar-refractivity contribution is -0.132. The first-order valence-electron chi connectivity index (χ1n) is 11.5. The van der Waals surface area contributed by atoms with Crippen molar-refractivity contribution in [3.8, 4) is 0 Å². The third-order valence-electron chi connectivity index (χ3n) is 4.93. The summed E-state index contributed by atoms with van der Waals surface area (Å²) in [6.07, 6.45) is 3.26. The maximum Gasteiger partial charge on any atom is 0.312 e. The molecule has 0 spiro atoms. The summed E-state index contributed by atoms with van der Waals surface area (Å²) in [5.41, 5.74) is 4.38. The Bertz CT molecular complexity index is 681. The van der Waals surface area contributed by atoms with Crippen LogP contribution in [0.2, 0.25) is 0 Å². The average Bonchev–Trinajstić information content (AvgIpc) is 2.76. The van der Waals surface area contributed by atoms with Crippen molar-refractivity contribution in [2.75, 3.05) is 30.3 Å². The van der Waals surface area contributed by atoms with Crippen molar-refractivity contribution in [1.29, 1.82) is 0 Å². The molecule has 34 heavy (non-hydrogen) atoms. The van der Waals surface area contributed by atoms with Crippen LogP contribution in [0.3, 0.4) is 0 Å². The Morgan fingerprint density at radius 3 is 2.00 bits per heavy atom. The largest absolute Gasteiger partial charge is 0.356 e. The molecule has 0 bridgehead atoms. The van der Waals surface area contributed by atoms with Crippen molar-refractivity contribution in [2.24, 2.45) is 17.1 Å². The van der Waals surface area contributed by atoms with Crippen molar-refractivity contribution in [1.82, 2.24) is 21.3 Å². The average molecular weight is 613 g/mol. The Hall–Kier alpha value is -1.69. The number of amides is 5. The molecular weight excluding hydrogens is 574 g/mol. The normalized spacial score (nSPS) is 12.1. The van der Waals surface area contributed by atoms with Crippen molar-refractivity contribution < 1.29 is 24.0 Å². The van der Waals surface area contributed by atoms with E-state index >= 15 is 0 Å². The van der Waals surface area contributed by atoms with Crippen LogP contribution >= 0.6 is 31.9 Å². The van der Waals surface area contributed by atoms with Gasteiger partial charge in [0.2, 0.25) is 17.7 Å². The summed E-state index contributed by atoms with van der Waals surface area (Å²) in [7, 11) is 0. The maximum atomic E-state index is 12.7. The van der Waals surface area contributed by atoms with Gasteiger partial charge in [0.05, 0.1) is 18.5 Å². The number of halogens is 2. The standard InChI is InChI=1S/C22H39Br2N5O5/c1-22(2,3)19(32)16(8-7-11-27-21(25)34)29-18(31)14-28-17(30)9-5-4-6-10-26-20(33)15(12-23)13-24/h15-16H,4-14H2,1-3H3,(H,26,33)(H,28,30)(H,29,31)(H3,25,27,34)/t16-/m0/s1. The zero-order chi connectivity index (χ0) is 26.1. The third-order valence-corrected chi connectivity index (χ3v) is 6.49. The number of Topliss-reactive ketones (excluding diaryl/α,β-unsaturated/α-hetero) is 1. The van der Waals surface area contributed by atoms with E-state index < -0.39 is 23.4 Å². The van der Waals surface area contributed by atoms with Crippen LogP contribution in [-0.4, -0.2) is 65.9 Å². The van der Waals surface area contributed by atoms with Crippen LogP contribution in [0.5, 0.6) is 0 Å². The van der Waals surface area contributed by atoms with Crippen molar-refractivity contribution in [2.45, 2.75) is 65.3 Å². The van der Waals surface area contributed by atoms with Gasteiger partial charge in [-0.25, -0.2) is 4.79 Å². The number of nitrogens with two attached hydrogens (primary N) is 1. The van der Waals surface area contributed by atoms with E-state index in [0.29, 0.717) is 43.0 Å². The fraction of sp³-hybridized carbons (Fsp3) is 0.773. The van der Waals surface area contributed by atoms with Gasteiger partial charge >= 0.3 is 6.03 Å². The number of hydrogen-bond donors (Lipinski definition) is 5. The van der Waals surface area contributed by atoms with Gasteiger partial charge in [-0.05, 0) is 25.7 Å². The van der Waals surface area contributed by atoms with E-state index in [1.807, 2.05) is 0 Å². The van der Waals surface area contributed by atoms with Crippen molar-refractivity contribution >= 4 is 61.4 Å². The maximum absolute atomic E-state index is 12.7. The molecule has 12 heteroatoms. The summed E-state index contributed by atoms with van der Waals surface area (Å²) in [5, 5.41) is 11.8. The van der Waals surface area contributed by atoms with Crippen molar-refractivity contribution in [3.05, 3.63) is 0 Å². The van der Waals surface area contributed by atoms with Gasteiger partial charge in [0.15, 0.2) is 5.78 Å². The molecule has 0 aliphatic heterocycles. The quantitative estimate of drug-likeness (QED) is 0.125. The number of urea groups is 1. The molecule has 0 radical (unpaired) electrons. The molecule has 0 rings (SSSR count). The van der Waals surface area contributed by atoms with Crippen molar-refractivity contribution in [3.63, 3.8) is 0 Å². The fourth-order valence-electron chi connectivity index (χ4n) is 2.95. The molecule has 1 atom stereocenters. The van der Waals surface area contributed by atoms with Gasteiger partial charge in [0, 0.05) is 35.6 Å². The van der Waals surface area contributed by atoms with Gasteiger partial charge in [-0.3, -0.25) is 19.2 Å². The highest BCUT2D eigenvalue weighted by atomic mass is 79.9. The lowest BCUT2D eigenvalue weighted by Gasteiger charge is -2.25. The summed E-state index contributed by atoms with van der Waals surface area (Å²) in [6, 6.07) is -1.36. The van der Waals surface area contributed by atoms with Crippen LogP contribution in [0.1, 0.15) is 59.3 Å². The Kier molecular flexibility index (Phi) is 16.8. The van der Waals surface area contributed by atoms with E-state index in [0.717, 1.165) is 12.8 Å². The Labute approximate surface area is 218 Å². The van der Waals surface area contributed by atoms with E-state index in [-0.39, 0.29) is 36.5 Å². The number of unbranched alkanes of at least 4 members (excludes halogenated alkanes) is 2. The summed E-state index contributed by atoms with van der Waals surface area (Å²) >= 11 is 6.60. The predicted octanol–water partition coefficient (Wildman–Crippen LogP) is 1.73. The van der Waals surface area contributed by atoms with Gasteiger partial charge in [-0.15, -0.1) is 0 Å². The first kappa shape index (κ1) is 32.3. The summed E-state index contributed by atoms with van der Waals surface area (Å²) in [4.78, 5) is 59.6. The number of primary amides is 1. The first-order valence-corrected chi connectivity index (χ1v) is 13.7. The first-order chi connectivity index (χ1) is 15.9. The van der Waals surface area contributed by atoms with Gasteiger partial charge in [-0.2, -0.15) is 0 Å². The third kappa shape index (κ3) is 15.3. The molecule has 196 valence electrons. The molecule has 0 aromatic heterocycles. The highest BCUT2D eigenvalue weighted by molar-refractivity contribution is 9.09. The van der Waals surface area contributed by atoms with E-state index in [2.05, 4.69) is 53.1 Å². The molecule has 5 amide bonds. The zero-order valence-corrected chi connectivity index (χ0v) is 23.5. The number of ketones is 1. The molecule has 0 saturated carbocycles. The highest BCUT2D eigenvalue weighted by Gasteiger charge is 2.30. The minimum Gasteiger partial charge on any atom is -0.356 e. The highest BCUT2D eigenvalue weighted by Crippen LogP contribution is 2.19. The lowest BCUT2D eigenvalue weighted by Crippen LogP contribution is -2.49. The number of rotatable bonds is 17. The number of hydrogen-bond acceptors (Lipinski definition) is 5. The number of nitrogens with one attached hydrogen (secondary N) is 4. The number of carbonyl (C=O) groups excluding carboxylic acids is 5. The monoisotopic (exact) mass is 611 g/mol. The van der Waals surface area contributed by atoms with Crippen LogP contribution in [-0.2, 0) is 19.2 Å². The second-order valence-electron chi connectivity index (χ2n) is 9.05. The Morgan fingerprint density at radius 1 is 0.824 bits per heavy atom. The van der Waals surface area contributed by atoms with Gasteiger partial charge < -0.3 is 27.0 Å².